The van der Waals surface area contributed by atoms with Crippen LogP contribution in [0.3, 0.4) is 0 Å². The highest BCUT2D eigenvalue weighted by Gasteiger charge is 2.08. The normalized spacial score (nSPS) is 12.7. The van der Waals surface area contributed by atoms with Crippen LogP contribution in [0.4, 0.5) is 0 Å². The van der Waals surface area contributed by atoms with Crippen molar-refractivity contribution in [2.24, 2.45) is 5.84 Å². The fraction of sp³-hybridized carbons (Fsp3) is 0.500. The fourth-order valence-corrected chi connectivity index (χ4v) is 1.81. The van der Waals surface area contributed by atoms with Gasteiger partial charge in [0, 0.05) is 11.9 Å². The summed E-state index contributed by atoms with van der Waals surface area (Å²) in [7, 11) is 0. The van der Waals surface area contributed by atoms with E-state index in [1.165, 1.54) is 11.1 Å². The molecule has 1 aromatic rings. The van der Waals surface area contributed by atoms with Crippen molar-refractivity contribution in [3.05, 3.63) is 35.4 Å². The number of hydrazine groups is 1. The molecule has 0 radical (unpaired) electrons. The van der Waals surface area contributed by atoms with Crippen LogP contribution in [-0.4, -0.2) is 5.88 Å². The molecular weight excluding hydrogens is 208 g/mol. The lowest BCUT2D eigenvalue weighted by atomic mass is 10.00. The minimum absolute atomic E-state index is 0.218. The number of rotatable bonds is 6. The maximum absolute atomic E-state index is 5.68. The van der Waals surface area contributed by atoms with Gasteiger partial charge in [0.2, 0.25) is 0 Å². The van der Waals surface area contributed by atoms with Gasteiger partial charge in [-0.25, -0.2) is 0 Å². The van der Waals surface area contributed by atoms with Gasteiger partial charge in [0.15, 0.2) is 0 Å². The van der Waals surface area contributed by atoms with Crippen LogP contribution in [0.1, 0.15) is 36.9 Å². The van der Waals surface area contributed by atoms with Gasteiger partial charge in [-0.2, -0.15) is 0 Å². The summed E-state index contributed by atoms with van der Waals surface area (Å²) >= 11 is 5.68. The Balaban J connectivity index is 2.72. The Hall–Kier alpha value is -0.570. The molecule has 0 heterocycles. The Labute approximate surface area is 96.8 Å². The quantitative estimate of drug-likeness (QED) is 0.445. The minimum Gasteiger partial charge on any atom is -0.271 e. The van der Waals surface area contributed by atoms with Crippen molar-refractivity contribution in [3.63, 3.8) is 0 Å². The van der Waals surface area contributed by atoms with Crippen molar-refractivity contribution in [2.45, 2.75) is 32.2 Å². The second-order valence-corrected chi connectivity index (χ2v) is 4.03. The number of halogens is 1. The van der Waals surface area contributed by atoms with Gasteiger partial charge in [-0.3, -0.25) is 11.3 Å². The smallest absolute Gasteiger partial charge is 0.0460 e. The third-order valence-corrected chi connectivity index (χ3v) is 2.86. The monoisotopic (exact) mass is 226 g/mol. The lowest BCUT2D eigenvalue weighted by Gasteiger charge is -2.16. The van der Waals surface area contributed by atoms with Gasteiger partial charge in [-0.15, -0.1) is 11.6 Å². The van der Waals surface area contributed by atoms with Crippen LogP contribution in [0.25, 0.3) is 0 Å². The maximum Gasteiger partial charge on any atom is 0.0460 e. The summed E-state index contributed by atoms with van der Waals surface area (Å²) in [5.41, 5.74) is 5.44. The summed E-state index contributed by atoms with van der Waals surface area (Å²) in [5, 5.41) is 0. The summed E-state index contributed by atoms with van der Waals surface area (Å²) < 4.78 is 0. The Bertz CT molecular complexity index is 289. The first kappa shape index (κ1) is 12.5. The van der Waals surface area contributed by atoms with E-state index in [4.69, 9.17) is 17.4 Å². The summed E-state index contributed by atoms with van der Waals surface area (Å²) in [4.78, 5) is 0. The van der Waals surface area contributed by atoms with Gasteiger partial charge in [0.05, 0.1) is 0 Å². The maximum atomic E-state index is 5.68. The second kappa shape index (κ2) is 6.83. The molecule has 0 fully saturated rings. The zero-order chi connectivity index (χ0) is 11.1. The molecule has 0 aromatic heterocycles. The highest BCUT2D eigenvalue weighted by molar-refractivity contribution is 6.17. The third-order valence-electron chi connectivity index (χ3n) is 2.59. The largest absolute Gasteiger partial charge is 0.271 e. The van der Waals surface area contributed by atoms with E-state index >= 15 is 0 Å². The lowest BCUT2D eigenvalue weighted by Crippen LogP contribution is -2.28. The summed E-state index contributed by atoms with van der Waals surface area (Å²) in [6.07, 6.45) is 3.01. The molecule has 1 unspecified atom stereocenters. The summed E-state index contributed by atoms with van der Waals surface area (Å²) in [6.45, 7) is 2.16. The van der Waals surface area contributed by atoms with E-state index in [1.807, 2.05) is 0 Å². The Kier molecular flexibility index (Phi) is 5.69. The zero-order valence-electron chi connectivity index (χ0n) is 9.17. The van der Waals surface area contributed by atoms with Gasteiger partial charge in [-0.1, -0.05) is 31.2 Å². The van der Waals surface area contributed by atoms with Gasteiger partial charge >= 0.3 is 0 Å². The van der Waals surface area contributed by atoms with Gasteiger partial charge in [0.1, 0.15) is 0 Å². The molecule has 1 rings (SSSR count). The molecule has 1 aromatic carbocycles. The van der Waals surface area contributed by atoms with E-state index in [2.05, 4.69) is 36.6 Å². The van der Waals surface area contributed by atoms with Crippen molar-refractivity contribution in [2.75, 3.05) is 5.88 Å². The minimum atomic E-state index is 0.218. The van der Waals surface area contributed by atoms with Crippen molar-refractivity contribution >= 4 is 11.6 Å². The molecule has 84 valence electrons. The molecule has 0 amide bonds. The molecule has 0 saturated carbocycles. The van der Waals surface area contributed by atoms with Crippen LogP contribution in [-0.2, 0) is 6.42 Å². The topological polar surface area (TPSA) is 38.0 Å². The van der Waals surface area contributed by atoms with Crippen LogP contribution in [0.2, 0.25) is 0 Å². The standard InChI is InChI=1S/C12H19ClN2/c1-2-10-5-3-6-11(9-10)12(15-14)7-4-8-13/h3,5-6,9,12,15H,2,4,7-8,14H2,1H3. The van der Waals surface area contributed by atoms with E-state index in [9.17, 15) is 0 Å². The van der Waals surface area contributed by atoms with E-state index < -0.39 is 0 Å². The molecule has 0 aliphatic rings. The van der Waals surface area contributed by atoms with E-state index in [1.54, 1.807) is 0 Å². The third kappa shape index (κ3) is 3.82. The number of nitrogens with one attached hydrogen (secondary N) is 1. The molecule has 0 spiro atoms. The molecule has 15 heavy (non-hydrogen) atoms. The number of hydrogen-bond donors (Lipinski definition) is 2. The molecule has 0 bridgehead atoms. The van der Waals surface area contributed by atoms with Crippen molar-refractivity contribution in [1.82, 2.24) is 5.43 Å². The number of aryl methyl sites for hydroxylation is 1. The Morgan fingerprint density at radius 2 is 2.27 bits per heavy atom. The van der Waals surface area contributed by atoms with Crippen molar-refractivity contribution in [1.29, 1.82) is 0 Å². The van der Waals surface area contributed by atoms with Crippen molar-refractivity contribution < 1.29 is 0 Å². The fourth-order valence-electron chi connectivity index (χ4n) is 1.66. The van der Waals surface area contributed by atoms with Gasteiger partial charge < -0.3 is 0 Å². The van der Waals surface area contributed by atoms with E-state index in [0.717, 1.165) is 19.3 Å². The Morgan fingerprint density at radius 3 is 2.87 bits per heavy atom. The van der Waals surface area contributed by atoms with Crippen LogP contribution < -0.4 is 11.3 Å². The highest BCUT2D eigenvalue weighted by Crippen LogP contribution is 2.19. The SMILES string of the molecule is CCc1cccc(C(CCCCl)NN)c1. The van der Waals surface area contributed by atoms with Crippen LogP contribution in [0.5, 0.6) is 0 Å². The number of nitrogens with two attached hydrogens (primary N) is 1. The first-order valence-electron chi connectivity index (χ1n) is 5.42. The molecule has 1 atom stereocenters. The molecule has 0 aliphatic heterocycles. The van der Waals surface area contributed by atoms with Crippen molar-refractivity contribution in [3.8, 4) is 0 Å². The summed E-state index contributed by atoms with van der Waals surface area (Å²) in [5.74, 6) is 6.23. The van der Waals surface area contributed by atoms with Gasteiger partial charge in [0.25, 0.3) is 0 Å². The molecule has 3 N–H and O–H groups in total. The molecular formula is C12H19ClN2. The number of hydrogen-bond acceptors (Lipinski definition) is 2. The second-order valence-electron chi connectivity index (χ2n) is 3.65. The molecule has 0 aliphatic carbocycles. The number of benzene rings is 1. The number of alkyl halides is 1. The first-order chi connectivity index (χ1) is 7.31. The molecule has 0 saturated heterocycles. The van der Waals surface area contributed by atoms with E-state index in [-0.39, 0.29) is 6.04 Å². The van der Waals surface area contributed by atoms with Gasteiger partial charge in [-0.05, 0) is 30.4 Å². The average molecular weight is 227 g/mol. The predicted molar refractivity (Wildman–Crippen MR) is 65.8 cm³/mol. The zero-order valence-corrected chi connectivity index (χ0v) is 9.93. The predicted octanol–water partition coefficient (Wildman–Crippen LogP) is 2.77. The highest BCUT2D eigenvalue weighted by atomic mass is 35.5. The average Bonchev–Trinajstić information content (AvgIpc) is 2.30. The lowest BCUT2D eigenvalue weighted by molar-refractivity contribution is 0.511. The summed E-state index contributed by atoms with van der Waals surface area (Å²) in [6, 6.07) is 8.75. The van der Waals surface area contributed by atoms with Crippen LogP contribution in [0.15, 0.2) is 24.3 Å². The Morgan fingerprint density at radius 1 is 1.47 bits per heavy atom. The van der Waals surface area contributed by atoms with Crippen LogP contribution >= 0.6 is 11.6 Å². The molecule has 3 heteroatoms. The first-order valence-corrected chi connectivity index (χ1v) is 5.96. The van der Waals surface area contributed by atoms with E-state index in [0.29, 0.717) is 5.88 Å². The molecule has 2 nitrogen and oxygen atoms in total. The van der Waals surface area contributed by atoms with Crippen LogP contribution in [0, 0.1) is 0 Å².